The van der Waals surface area contributed by atoms with Gasteiger partial charge in [-0.1, -0.05) is 11.6 Å². The highest BCUT2D eigenvalue weighted by Crippen LogP contribution is 2.39. The van der Waals surface area contributed by atoms with Crippen molar-refractivity contribution in [2.75, 3.05) is 19.0 Å². The number of halogens is 4. The highest BCUT2D eigenvalue weighted by molar-refractivity contribution is 7.16. The van der Waals surface area contributed by atoms with E-state index in [9.17, 15) is 18.3 Å². The fourth-order valence-electron chi connectivity index (χ4n) is 3.83. The Morgan fingerprint density at radius 1 is 1.29 bits per heavy atom. The van der Waals surface area contributed by atoms with Crippen LogP contribution in [0.15, 0.2) is 30.6 Å². The lowest BCUT2D eigenvalue weighted by Gasteiger charge is -2.20. The summed E-state index contributed by atoms with van der Waals surface area (Å²) in [5, 5.41) is 13.9. The van der Waals surface area contributed by atoms with Crippen molar-refractivity contribution in [1.82, 2.24) is 19.9 Å². The van der Waals surface area contributed by atoms with Gasteiger partial charge >= 0.3 is 6.18 Å². The minimum Gasteiger partial charge on any atom is -0.497 e. The van der Waals surface area contributed by atoms with Crippen LogP contribution in [0.5, 0.6) is 5.75 Å². The van der Waals surface area contributed by atoms with Crippen molar-refractivity contribution >= 4 is 28.1 Å². The van der Waals surface area contributed by atoms with E-state index in [0.717, 1.165) is 36.4 Å². The van der Waals surface area contributed by atoms with Gasteiger partial charge in [-0.2, -0.15) is 13.2 Å². The lowest BCUT2D eigenvalue weighted by atomic mass is 10.1. The van der Waals surface area contributed by atoms with E-state index in [1.807, 2.05) is 0 Å². The maximum absolute atomic E-state index is 13.5. The predicted molar refractivity (Wildman–Crippen MR) is 124 cm³/mol. The van der Waals surface area contributed by atoms with E-state index in [4.69, 9.17) is 16.3 Å². The number of hydrogen-bond acceptors (Lipinski definition) is 8. The summed E-state index contributed by atoms with van der Waals surface area (Å²) in [7, 11) is 1.32. The van der Waals surface area contributed by atoms with Crippen LogP contribution in [-0.2, 0) is 12.7 Å². The summed E-state index contributed by atoms with van der Waals surface area (Å²) < 4.78 is 45.7. The van der Waals surface area contributed by atoms with Gasteiger partial charge in [0.1, 0.15) is 16.6 Å². The topological polar surface area (TPSA) is 83.4 Å². The predicted octanol–water partition coefficient (Wildman–Crippen LogP) is 5.37. The zero-order valence-electron chi connectivity index (χ0n) is 18.4. The number of nitrogens with one attached hydrogen (secondary N) is 1. The van der Waals surface area contributed by atoms with Gasteiger partial charge in [0.2, 0.25) is 0 Å². The second-order valence-electron chi connectivity index (χ2n) is 8.01. The van der Waals surface area contributed by atoms with E-state index in [2.05, 4.69) is 32.1 Å². The minimum atomic E-state index is -4.53. The number of aromatic nitrogens is 3. The van der Waals surface area contributed by atoms with E-state index in [0.29, 0.717) is 29.0 Å². The lowest BCUT2D eigenvalue weighted by molar-refractivity contribution is -0.137. The number of aliphatic hydroxyl groups excluding tert-OH is 1. The van der Waals surface area contributed by atoms with Crippen LogP contribution in [0, 0.1) is 0 Å². The Labute approximate surface area is 203 Å². The van der Waals surface area contributed by atoms with Gasteiger partial charge in [-0.3, -0.25) is 9.88 Å². The van der Waals surface area contributed by atoms with Crippen LogP contribution in [0.2, 0.25) is 5.15 Å². The fraction of sp³-hybridized carbons (Fsp3) is 0.409. The Hall–Kier alpha value is -2.47. The summed E-state index contributed by atoms with van der Waals surface area (Å²) in [5.41, 5.74) is 0.113. The number of benzene rings is 1. The molecule has 1 unspecified atom stereocenters. The van der Waals surface area contributed by atoms with Crippen LogP contribution in [0.4, 0.5) is 18.3 Å². The van der Waals surface area contributed by atoms with Gasteiger partial charge in [0.05, 0.1) is 30.8 Å². The number of anilines is 1. The standard InChI is InChI=1S/C22H23ClF3N5O2S/c1-12-4-3-5-31(12)11-17-19(13-6-14(22(24,25)26)8-15(7-13)33-2)29-21(34-17)30-20(32)16-9-28-18(23)10-27-16/h6-10,12,20,32H,3-5,11H2,1-2H3,(H,29,30)/t12-,20?/m1/s1. The van der Waals surface area contributed by atoms with Gasteiger partial charge < -0.3 is 15.2 Å². The van der Waals surface area contributed by atoms with Gasteiger partial charge in [-0.15, -0.1) is 11.3 Å². The molecular weight excluding hydrogens is 491 g/mol. The lowest BCUT2D eigenvalue weighted by Crippen LogP contribution is -2.25. The zero-order chi connectivity index (χ0) is 24.5. The van der Waals surface area contributed by atoms with Crippen LogP contribution in [-0.4, -0.2) is 44.7 Å². The van der Waals surface area contributed by atoms with Crippen molar-refractivity contribution in [3.63, 3.8) is 0 Å². The molecule has 182 valence electrons. The molecule has 7 nitrogen and oxygen atoms in total. The summed E-state index contributed by atoms with van der Waals surface area (Å²) in [4.78, 5) is 15.5. The third-order valence-electron chi connectivity index (χ3n) is 5.66. The third kappa shape index (κ3) is 5.60. The molecule has 0 saturated carbocycles. The molecule has 0 radical (unpaired) electrons. The van der Waals surface area contributed by atoms with Gasteiger partial charge in [0.15, 0.2) is 11.4 Å². The van der Waals surface area contributed by atoms with Crippen molar-refractivity contribution in [3.8, 4) is 17.0 Å². The SMILES string of the molecule is COc1cc(-c2nc(NC(O)c3cnc(Cl)cn3)sc2CN2CCC[C@H]2C)cc(C(F)(F)F)c1. The maximum atomic E-state index is 13.5. The molecule has 2 N–H and O–H groups in total. The molecular formula is C22H23ClF3N5O2S. The molecule has 3 aromatic rings. The molecule has 1 saturated heterocycles. The molecule has 1 fully saturated rings. The van der Waals surface area contributed by atoms with Crippen LogP contribution < -0.4 is 10.1 Å². The first-order chi connectivity index (χ1) is 16.1. The Morgan fingerprint density at radius 2 is 2.09 bits per heavy atom. The molecule has 0 bridgehead atoms. The average Bonchev–Trinajstić information content (AvgIpc) is 3.39. The quantitative estimate of drug-likeness (QED) is 0.411. The third-order valence-corrected chi connectivity index (χ3v) is 6.82. The van der Waals surface area contributed by atoms with Crippen LogP contribution in [0.25, 0.3) is 11.3 Å². The molecule has 12 heteroatoms. The van der Waals surface area contributed by atoms with Crippen molar-refractivity contribution in [1.29, 1.82) is 0 Å². The van der Waals surface area contributed by atoms with Crippen molar-refractivity contribution < 1.29 is 23.0 Å². The van der Waals surface area contributed by atoms with Crippen LogP contribution >= 0.6 is 22.9 Å². The summed E-state index contributed by atoms with van der Waals surface area (Å²) in [5.74, 6) is 0.0873. The van der Waals surface area contributed by atoms with Gasteiger partial charge in [0, 0.05) is 23.0 Å². The fourth-order valence-corrected chi connectivity index (χ4v) is 4.96. The monoisotopic (exact) mass is 513 g/mol. The number of thiazole rings is 1. The minimum absolute atomic E-state index is 0.0873. The molecule has 2 atom stereocenters. The van der Waals surface area contributed by atoms with E-state index in [1.165, 1.54) is 36.9 Å². The molecule has 0 spiro atoms. The largest absolute Gasteiger partial charge is 0.497 e. The Morgan fingerprint density at radius 3 is 2.71 bits per heavy atom. The van der Waals surface area contributed by atoms with Gasteiger partial charge in [0.25, 0.3) is 0 Å². The zero-order valence-corrected chi connectivity index (χ0v) is 20.0. The highest BCUT2D eigenvalue weighted by atomic mass is 35.5. The summed E-state index contributed by atoms with van der Waals surface area (Å²) >= 11 is 7.03. The molecule has 1 aliphatic rings. The number of hydrogen-bond donors (Lipinski definition) is 2. The Bertz CT molecular complexity index is 1140. The summed E-state index contributed by atoms with van der Waals surface area (Å²) in [6.07, 6.45) is -0.995. The first-order valence-corrected chi connectivity index (χ1v) is 11.8. The van der Waals surface area contributed by atoms with E-state index < -0.39 is 18.0 Å². The second-order valence-corrected chi connectivity index (χ2v) is 9.48. The number of alkyl halides is 3. The number of methoxy groups -OCH3 is 1. The number of rotatable bonds is 7. The summed E-state index contributed by atoms with van der Waals surface area (Å²) in [6, 6.07) is 3.92. The van der Waals surface area contributed by atoms with Crippen LogP contribution in [0.3, 0.4) is 0 Å². The number of nitrogens with zero attached hydrogens (tertiary/aromatic N) is 4. The molecule has 3 heterocycles. The van der Waals surface area contributed by atoms with Crippen molar-refractivity contribution in [2.45, 2.75) is 44.8 Å². The number of ether oxygens (including phenoxy) is 1. The van der Waals surface area contributed by atoms with Gasteiger partial charge in [-0.05, 0) is 44.5 Å². The first-order valence-electron chi connectivity index (χ1n) is 10.6. The molecule has 0 amide bonds. The van der Waals surface area contributed by atoms with Crippen LogP contribution in [0.1, 0.15) is 42.1 Å². The molecule has 4 rings (SSSR count). The number of likely N-dealkylation sites (tertiary alicyclic amines) is 1. The van der Waals surface area contributed by atoms with Crippen molar-refractivity contribution in [2.24, 2.45) is 0 Å². The molecule has 34 heavy (non-hydrogen) atoms. The van der Waals surface area contributed by atoms with E-state index in [1.54, 1.807) is 0 Å². The second kappa shape index (κ2) is 10.0. The summed E-state index contributed by atoms with van der Waals surface area (Å²) in [6.45, 7) is 3.56. The van der Waals surface area contributed by atoms with E-state index >= 15 is 0 Å². The van der Waals surface area contributed by atoms with E-state index in [-0.39, 0.29) is 16.6 Å². The normalized spacial score (nSPS) is 17.7. The number of aliphatic hydroxyl groups is 1. The average molecular weight is 514 g/mol. The molecule has 2 aromatic heterocycles. The molecule has 1 aliphatic heterocycles. The van der Waals surface area contributed by atoms with Gasteiger partial charge in [-0.25, -0.2) is 9.97 Å². The molecule has 0 aliphatic carbocycles. The smallest absolute Gasteiger partial charge is 0.416 e. The Balaban J connectivity index is 1.71. The Kier molecular flexibility index (Phi) is 7.27. The van der Waals surface area contributed by atoms with Crippen molar-refractivity contribution in [3.05, 3.63) is 51.9 Å². The highest BCUT2D eigenvalue weighted by Gasteiger charge is 2.32. The first kappa shape index (κ1) is 24.6. The maximum Gasteiger partial charge on any atom is 0.416 e. The molecule has 1 aromatic carbocycles.